The minimum atomic E-state index is 0.273. The minimum Gasteiger partial charge on any atom is -0.455 e. The fourth-order valence-electron chi connectivity index (χ4n) is 10.0. The zero-order chi connectivity index (χ0) is 36.4. The largest absolute Gasteiger partial charge is 0.455 e. The molecular weight excluding hydrogens is 661 g/mol. The maximum absolute atomic E-state index is 9.60. The molecule has 6 aromatic carbocycles. The number of hydrogen-bond acceptors (Lipinski definition) is 5. The highest BCUT2D eigenvalue weighted by Gasteiger charge is 2.45. The third kappa shape index (κ3) is 5.65. The molecule has 8 aromatic rings. The SMILES string of the molecule is C[C@@H]1C[C@@H]2C[C@H](C)CC(c3ccc(-c4nc(-c5ccc(-c6ccc7oc8c(C#N)cccc8c7c6)cc5)nc(-c5ccc6ccccc6c5)n4)cc3)(C1)C2. The minimum absolute atomic E-state index is 0.273. The molecule has 2 aliphatic rings. The summed E-state index contributed by atoms with van der Waals surface area (Å²) in [4.78, 5) is 15.3. The molecule has 4 atom stereocenters. The van der Waals surface area contributed by atoms with Crippen LogP contribution in [0.15, 0.2) is 132 Å². The Morgan fingerprint density at radius 3 is 1.89 bits per heavy atom. The average molecular weight is 701 g/mol. The molecule has 10 rings (SSSR count). The van der Waals surface area contributed by atoms with Crippen LogP contribution in [0.5, 0.6) is 0 Å². The molecule has 262 valence electrons. The summed E-state index contributed by atoms with van der Waals surface area (Å²) >= 11 is 0. The van der Waals surface area contributed by atoms with E-state index in [4.69, 9.17) is 19.4 Å². The molecular formula is C49H40N4O. The van der Waals surface area contributed by atoms with E-state index in [0.29, 0.717) is 28.6 Å². The van der Waals surface area contributed by atoms with Gasteiger partial charge in [-0.05, 0) is 107 Å². The molecule has 2 saturated carbocycles. The lowest BCUT2D eigenvalue weighted by atomic mass is 9.54. The van der Waals surface area contributed by atoms with Gasteiger partial charge in [0.15, 0.2) is 23.1 Å². The molecule has 0 saturated heterocycles. The van der Waals surface area contributed by atoms with Gasteiger partial charge >= 0.3 is 0 Å². The van der Waals surface area contributed by atoms with E-state index in [2.05, 4.69) is 123 Å². The molecule has 2 heterocycles. The van der Waals surface area contributed by atoms with Crippen LogP contribution in [-0.4, -0.2) is 15.0 Å². The lowest BCUT2D eigenvalue weighted by Crippen LogP contribution is -2.42. The van der Waals surface area contributed by atoms with Crippen LogP contribution in [-0.2, 0) is 5.41 Å². The second-order valence-electron chi connectivity index (χ2n) is 16.1. The van der Waals surface area contributed by atoms with E-state index < -0.39 is 0 Å². The lowest BCUT2D eigenvalue weighted by molar-refractivity contribution is 0.0780. The van der Waals surface area contributed by atoms with Gasteiger partial charge in [0.25, 0.3) is 0 Å². The van der Waals surface area contributed by atoms with Crippen molar-refractivity contribution >= 4 is 32.7 Å². The smallest absolute Gasteiger partial charge is 0.164 e. The van der Waals surface area contributed by atoms with Gasteiger partial charge in [0, 0.05) is 27.5 Å². The van der Waals surface area contributed by atoms with Crippen LogP contribution >= 0.6 is 0 Å². The summed E-state index contributed by atoms with van der Waals surface area (Å²) in [6, 6.07) is 46.6. The Morgan fingerprint density at radius 2 is 1.19 bits per heavy atom. The normalized spacial score (nSPS) is 21.0. The molecule has 0 N–H and O–H groups in total. The van der Waals surface area contributed by atoms with Crippen molar-refractivity contribution in [2.24, 2.45) is 17.8 Å². The maximum Gasteiger partial charge on any atom is 0.164 e. The summed E-state index contributed by atoms with van der Waals surface area (Å²) < 4.78 is 6.08. The Kier molecular flexibility index (Phi) is 7.70. The Morgan fingerprint density at radius 1 is 0.574 bits per heavy atom. The number of para-hydroxylation sites is 1. The maximum atomic E-state index is 9.60. The van der Waals surface area contributed by atoms with Crippen LogP contribution in [0.1, 0.15) is 57.1 Å². The Labute approximate surface area is 315 Å². The number of fused-ring (bicyclic) bond motifs is 6. The van der Waals surface area contributed by atoms with Gasteiger partial charge in [-0.15, -0.1) is 0 Å². The van der Waals surface area contributed by atoms with Gasteiger partial charge in [-0.3, -0.25) is 0 Å². The van der Waals surface area contributed by atoms with Gasteiger partial charge in [0.1, 0.15) is 11.7 Å². The van der Waals surface area contributed by atoms with Crippen LogP contribution < -0.4 is 0 Å². The first kappa shape index (κ1) is 32.5. The zero-order valence-corrected chi connectivity index (χ0v) is 30.6. The van der Waals surface area contributed by atoms with E-state index in [9.17, 15) is 5.26 Å². The highest BCUT2D eigenvalue weighted by atomic mass is 16.3. The van der Waals surface area contributed by atoms with E-state index in [-0.39, 0.29) is 5.41 Å². The number of rotatable bonds is 5. The highest BCUT2D eigenvalue weighted by Crippen LogP contribution is 2.54. The summed E-state index contributed by atoms with van der Waals surface area (Å²) in [7, 11) is 0. The molecule has 0 amide bonds. The van der Waals surface area contributed by atoms with E-state index >= 15 is 0 Å². The Bertz CT molecular complexity index is 2740. The summed E-state index contributed by atoms with van der Waals surface area (Å²) in [5, 5.41) is 13.9. The lowest BCUT2D eigenvalue weighted by Gasteiger charge is -2.50. The van der Waals surface area contributed by atoms with Crippen molar-refractivity contribution in [2.75, 3.05) is 0 Å². The summed E-state index contributed by atoms with van der Waals surface area (Å²) in [5.41, 5.74) is 8.71. The van der Waals surface area contributed by atoms with Gasteiger partial charge in [0.05, 0.1) is 5.56 Å². The topological polar surface area (TPSA) is 75.6 Å². The van der Waals surface area contributed by atoms with Crippen LogP contribution in [0.25, 0.3) is 78.0 Å². The van der Waals surface area contributed by atoms with E-state index in [1.807, 2.05) is 18.2 Å². The molecule has 5 heteroatoms. The number of furan rings is 1. The second kappa shape index (κ2) is 12.8. The first-order valence-electron chi connectivity index (χ1n) is 19.2. The van der Waals surface area contributed by atoms with Crippen molar-refractivity contribution in [1.29, 1.82) is 5.26 Å². The molecule has 0 spiro atoms. The van der Waals surface area contributed by atoms with E-state index in [1.165, 1.54) is 43.1 Å². The summed E-state index contributed by atoms with van der Waals surface area (Å²) in [6.45, 7) is 4.90. The van der Waals surface area contributed by atoms with Crippen molar-refractivity contribution < 1.29 is 4.42 Å². The van der Waals surface area contributed by atoms with Crippen molar-refractivity contribution in [3.8, 4) is 51.4 Å². The Balaban J connectivity index is 1.03. The number of hydrogen-bond donors (Lipinski definition) is 0. The molecule has 0 radical (unpaired) electrons. The van der Waals surface area contributed by atoms with Crippen molar-refractivity contribution in [2.45, 2.75) is 51.4 Å². The van der Waals surface area contributed by atoms with Crippen LogP contribution in [0, 0.1) is 29.1 Å². The quantitative estimate of drug-likeness (QED) is 0.179. The van der Waals surface area contributed by atoms with Gasteiger partial charge in [0.2, 0.25) is 0 Å². The fourth-order valence-corrected chi connectivity index (χ4v) is 10.0. The third-order valence-electron chi connectivity index (χ3n) is 12.1. The monoisotopic (exact) mass is 700 g/mol. The Hall–Kier alpha value is -6.12. The first-order chi connectivity index (χ1) is 26.4. The van der Waals surface area contributed by atoms with Crippen molar-refractivity contribution in [1.82, 2.24) is 15.0 Å². The van der Waals surface area contributed by atoms with Crippen LogP contribution in [0.2, 0.25) is 0 Å². The zero-order valence-electron chi connectivity index (χ0n) is 30.6. The highest BCUT2D eigenvalue weighted by molar-refractivity contribution is 6.07. The fraction of sp³-hybridized carbons (Fsp3) is 0.224. The van der Waals surface area contributed by atoms with Crippen molar-refractivity contribution in [3.05, 3.63) is 139 Å². The number of nitrogens with zero attached hydrogens (tertiary/aromatic N) is 4. The predicted molar refractivity (Wildman–Crippen MR) is 218 cm³/mol. The molecule has 2 aliphatic carbocycles. The van der Waals surface area contributed by atoms with Gasteiger partial charge in [-0.2, -0.15) is 5.26 Å². The van der Waals surface area contributed by atoms with E-state index in [1.54, 1.807) is 6.07 Å². The first-order valence-corrected chi connectivity index (χ1v) is 19.2. The van der Waals surface area contributed by atoms with Crippen LogP contribution in [0.3, 0.4) is 0 Å². The van der Waals surface area contributed by atoms with Crippen molar-refractivity contribution in [3.63, 3.8) is 0 Å². The molecule has 2 aromatic heterocycles. The summed E-state index contributed by atoms with van der Waals surface area (Å²) in [5.74, 6) is 4.35. The molecule has 54 heavy (non-hydrogen) atoms. The number of nitriles is 1. The third-order valence-corrected chi connectivity index (χ3v) is 12.1. The van der Waals surface area contributed by atoms with Gasteiger partial charge in [-0.25, -0.2) is 15.0 Å². The second-order valence-corrected chi connectivity index (χ2v) is 16.1. The van der Waals surface area contributed by atoms with E-state index in [0.717, 1.165) is 67.3 Å². The molecule has 1 unspecified atom stereocenters. The standard InChI is InChI=1S/C49H40N4O/c1-30-22-32-23-31(2)27-49(26-30,28-32)41-19-16-36(17-20-41)47-51-46(52-48(53-47)39-15-12-33-6-3-4-7-37(33)24-39)35-13-10-34(11-14-35)38-18-21-44-43(25-38)42-9-5-8-40(29-50)45(42)54-44/h3-21,24-25,30-32H,22-23,26-28H2,1-2H3/t30-,31+,32-,49?. The van der Waals surface area contributed by atoms with Crippen LogP contribution in [0.4, 0.5) is 0 Å². The predicted octanol–water partition coefficient (Wildman–Crippen LogP) is 12.6. The average Bonchev–Trinajstić information content (AvgIpc) is 3.58. The molecule has 2 fully saturated rings. The number of benzene rings is 6. The molecule has 2 bridgehead atoms. The molecule has 0 aliphatic heterocycles. The number of aromatic nitrogens is 3. The summed E-state index contributed by atoms with van der Waals surface area (Å²) in [6.07, 6.45) is 6.61. The molecule has 5 nitrogen and oxygen atoms in total. The van der Waals surface area contributed by atoms with Gasteiger partial charge in [-0.1, -0.05) is 117 Å². The van der Waals surface area contributed by atoms with Gasteiger partial charge < -0.3 is 4.42 Å².